The van der Waals surface area contributed by atoms with Gasteiger partial charge >= 0.3 is 0 Å². The largest absolute Gasteiger partial charge is 0.388 e. The van der Waals surface area contributed by atoms with Crippen LogP contribution in [0.3, 0.4) is 0 Å². The van der Waals surface area contributed by atoms with Gasteiger partial charge in [0.15, 0.2) is 0 Å². The topological polar surface area (TPSA) is 50.1 Å². The maximum atomic E-state index is 10.3. The highest BCUT2D eigenvalue weighted by molar-refractivity contribution is 5.17. The fraction of sp³-hybridized carbons (Fsp3) is 0.727. The number of hydrogen-bond donors (Lipinski definition) is 2. The molecule has 1 aliphatic heterocycles. The van der Waals surface area contributed by atoms with Gasteiger partial charge in [-0.25, -0.2) is 0 Å². The van der Waals surface area contributed by atoms with Crippen LogP contribution in [-0.4, -0.2) is 33.6 Å². The summed E-state index contributed by atoms with van der Waals surface area (Å²) in [5, 5.41) is 18.0. The number of nitrogens with zero attached hydrogens (tertiary/aromatic N) is 2. The molecule has 1 aromatic heterocycles. The van der Waals surface area contributed by atoms with Gasteiger partial charge < -0.3 is 10.4 Å². The molecule has 2 rings (SSSR count). The van der Waals surface area contributed by atoms with Crippen molar-refractivity contribution in [3.8, 4) is 0 Å². The Labute approximate surface area is 90.3 Å². The Bertz CT molecular complexity index is 340. The molecule has 1 saturated heterocycles. The van der Waals surface area contributed by atoms with E-state index in [2.05, 4.69) is 10.4 Å². The van der Waals surface area contributed by atoms with Gasteiger partial charge in [-0.15, -0.1) is 0 Å². The molecule has 0 aliphatic carbocycles. The fourth-order valence-corrected chi connectivity index (χ4v) is 2.24. The van der Waals surface area contributed by atoms with E-state index in [0.717, 1.165) is 30.6 Å². The highest BCUT2D eigenvalue weighted by Gasteiger charge is 2.30. The van der Waals surface area contributed by atoms with E-state index in [9.17, 15) is 5.11 Å². The smallest absolute Gasteiger partial charge is 0.0827 e. The molecule has 4 nitrogen and oxygen atoms in total. The molecule has 2 heterocycles. The van der Waals surface area contributed by atoms with Gasteiger partial charge in [0.05, 0.1) is 11.3 Å². The van der Waals surface area contributed by atoms with Crippen molar-refractivity contribution in [3.05, 3.63) is 17.5 Å². The second kappa shape index (κ2) is 3.94. The monoisotopic (exact) mass is 209 g/mol. The summed E-state index contributed by atoms with van der Waals surface area (Å²) >= 11 is 0. The summed E-state index contributed by atoms with van der Waals surface area (Å²) in [5.74, 6) is 0. The normalized spacial score (nSPS) is 26.9. The zero-order chi connectivity index (χ0) is 10.9. The molecule has 0 amide bonds. The Kier molecular flexibility index (Phi) is 2.80. The first-order valence-corrected chi connectivity index (χ1v) is 5.51. The number of aryl methyl sites for hydroxylation is 2. The maximum absolute atomic E-state index is 10.3. The van der Waals surface area contributed by atoms with Crippen molar-refractivity contribution in [2.75, 3.05) is 13.1 Å². The van der Waals surface area contributed by atoms with Gasteiger partial charge in [0.2, 0.25) is 0 Å². The van der Waals surface area contributed by atoms with Gasteiger partial charge in [-0.1, -0.05) is 0 Å². The van der Waals surface area contributed by atoms with Crippen LogP contribution in [0, 0.1) is 6.92 Å². The first-order valence-electron chi connectivity index (χ1n) is 5.51. The Morgan fingerprint density at radius 3 is 3.00 bits per heavy atom. The zero-order valence-electron chi connectivity index (χ0n) is 9.45. The van der Waals surface area contributed by atoms with Gasteiger partial charge in [0.25, 0.3) is 0 Å². The van der Waals surface area contributed by atoms with Crippen molar-refractivity contribution in [1.82, 2.24) is 15.1 Å². The minimum Gasteiger partial charge on any atom is -0.388 e. The fourth-order valence-electron chi connectivity index (χ4n) is 2.24. The molecule has 0 aromatic carbocycles. The molecule has 0 radical (unpaired) electrons. The van der Waals surface area contributed by atoms with E-state index in [4.69, 9.17) is 0 Å². The molecule has 0 saturated carbocycles. The van der Waals surface area contributed by atoms with Crippen LogP contribution in [-0.2, 0) is 13.5 Å². The quantitative estimate of drug-likeness (QED) is 0.740. The Hall–Kier alpha value is -0.870. The number of aliphatic hydroxyl groups is 1. The van der Waals surface area contributed by atoms with Crippen LogP contribution < -0.4 is 5.32 Å². The second-order valence-corrected chi connectivity index (χ2v) is 4.61. The molecule has 1 aliphatic rings. The molecule has 1 aromatic rings. The number of piperidine rings is 1. The lowest BCUT2D eigenvalue weighted by Gasteiger charge is -2.32. The van der Waals surface area contributed by atoms with Crippen LogP contribution in [0.2, 0.25) is 0 Å². The Morgan fingerprint density at radius 2 is 2.47 bits per heavy atom. The summed E-state index contributed by atoms with van der Waals surface area (Å²) in [4.78, 5) is 0. The molecule has 4 heteroatoms. The third-order valence-electron chi connectivity index (χ3n) is 3.06. The Morgan fingerprint density at radius 1 is 1.67 bits per heavy atom. The van der Waals surface area contributed by atoms with Gasteiger partial charge in [-0.05, 0) is 31.9 Å². The van der Waals surface area contributed by atoms with E-state index in [1.807, 2.05) is 24.9 Å². The highest BCUT2D eigenvalue weighted by atomic mass is 16.3. The third-order valence-corrected chi connectivity index (χ3v) is 3.06. The Balaban J connectivity index is 2.09. The van der Waals surface area contributed by atoms with E-state index in [-0.39, 0.29) is 0 Å². The summed E-state index contributed by atoms with van der Waals surface area (Å²) in [7, 11) is 1.92. The molecule has 0 spiro atoms. The molecule has 1 unspecified atom stereocenters. The van der Waals surface area contributed by atoms with Gasteiger partial charge in [0, 0.05) is 26.2 Å². The highest BCUT2D eigenvalue weighted by Crippen LogP contribution is 2.21. The van der Waals surface area contributed by atoms with Crippen molar-refractivity contribution in [1.29, 1.82) is 0 Å². The number of aromatic nitrogens is 2. The number of β-amino-alcohol motifs (C(OH)–C–C–N with tert-alkyl or cyclic N) is 1. The summed E-state index contributed by atoms with van der Waals surface area (Å²) < 4.78 is 1.81. The number of nitrogens with one attached hydrogen (secondary N) is 1. The van der Waals surface area contributed by atoms with E-state index in [1.165, 1.54) is 0 Å². The van der Waals surface area contributed by atoms with Crippen molar-refractivity contribution in [2.45, 2.75) is 31.8 Å². The van der Waals surface area contributed by atoms with E-state index in [0.29, 0.717) is 13.0 Å². The molecule has 1 atom stereocenters. The zero-order valence-corrected chi connectivity index (χ0v) is 9.45. The predicted molar refractivity (Wildman–Crippen MR) is 58.7 cm³/mol. The lowest BCUT2D eigenvalue weighted by molar-refractivity contribution is 0.0159. The van der Waals surface area contributed by atoms with Gasteiger partial charge in [0.1, 0.15) is 0 Å². The van der Waals surface area contributed by atoms with Crippen LogP contribution >= 0.6 is 0 Å². The number of rotatable bonds is 2. The predicted octanol–water partition coefficient (Wildman–Crippen LogP) is 0.386. The van der Waals surface area contributed by atoms with Gasteiger partial charge in [-0.2, -0.15) is 5.10 Å². The lowest BCUT2D eigenvalue weighted by atomic mass is 9.89. The second-order valence-electron chi connectivity index (χ2n) is 4.61. The summed E-state index contributed by atoms with van der Waals surface area (Å²) in [6.45, 7) is 3.74. The van der Waals surface area contributed by atoms with E-state index in [1.54, 1.807) is 0 Å². The van der Waals surface area contributed by atoms with Crippen LogP contribution in [0.4, 0.5) is 0 Å². The minimum atomic E-state index is -0.600. The first kappa shape index (κ1) is 10.6. The van der Waals surface area contributed by atoms with Crippen molar-refractivity contribution < 1.29 is 5.11 Å². The summed E-state index contributed by atoms with van der Waals surface area (Å²) in [6, 6.07) is 0. The molecular weight excluding hydrogens is 190 g/mol. The minimum absolute atomic E-state index is 0.600. The third kappa shape index (κ3) is 2.38. The number of hydrogen-bond acceptors (Lipinski definition) is 3. The van der Waals surface area contributed by atoms with Crippen molar-refractivity contribution >= 4 is 0 Å². The molecule has 84 valence electrons. The molecule has 15 heavy (non-hydrogen) atoms. The van der Waals surface area contributed by atoms with Crippen LogP contribution in [0.1, 0.15) is 24.1 Å². The molecule has 0 bridgehead atoms. The molecular formula is C11H19N3O. The van der Waals surface area contributed by atoms with E-state index < -0.39 is 5.60 Å². The average molecular weight is 209 g/mol. The van der Waals surface area contributed by atoms with Crippen LogP contribution in [0.25, 0.3) is 0 Å². The van der Waals surface area contributed by atoms with E-state index >= 15 is 0 Å². The summed E-state index contributed by atoms with van der Waals surface area (Å²) in [6.07, 6.45) is 4.57. The summed E-state index contributed by atoms with van der Waals surface area (Å²) in [5.41, 5.74) is 1.58. The standard InChI is InChI=1S/C11H19N3O/c1-9-7-14(2)13-10(9)6-11(15)4-3-5-12-8-11/h7,12,15H,3-6,8H2,1-2H3. The SMILES string of the molecule is Cc1cn(C)nc1CC1(O)CCCNC1. The van der Waals surface area contributed by atoms with Crippen molar-refractivity contribution in [2.24, 2.45) is 7.05 Å². The van der Waals surface area contributed by atoms with Gasteiger partial charge in [-0.3, -0.25) is 4.68 Å². The molecule has 1 fully saturated rings. The maximum Gasteiger partial charge on any atom is 0.0827 e. The van der Waals surface area contributed by atoms with Crippen LogP contribution in [0.15, 0.2) is 6.20 Å². The first-order chi connectivity index (χ1) is 7.09. The van der Waals surface area contributed by atoms with Crippen molar-refractivity contribution in [3.63, 3.8) is 0 Å². The lowest BCUT2D eigenvalue weighted by Crippen LogP contribution is -2.47. The average Bonchev–Trinajstić information content (AvgIpc) is 2.45. The molecule has 2 N–H and O–H groups in total. The van der Waals surface area contributed by atoms with Crippen LogP contribution in [0.5, 0.6) is 0 Å².